The average Bonchev–Trinajstić information content (AvgIpc) is 2.32. The van der Waals surface area contributed by atoms with Gasteiger partial charge in [0.25, 0.3) is 0 Å². The predicted octanol–water partition coefficient (Wildman–Crippen LogP) is 1.56. The Balaban J connectivity index is 3.11. The molecule has 0 saturated heterocycles. The van der Waals surface area contributed by atoms with Crippen molar-refractivity contribution in [2.45, 2.75) is 46.1 Å². The van der Waals surface area contributed by atoms with E-state index in [-0.39, 0.29) is 31.0 Å². The molecule has 106 valence electrons. The van der Waals surface area contributed by atoms with Crippen LogP contribution in [0.4, 0.5) is 0 Å². The molecule has 1 aliphatic carbocycles. The second-order valence-corrected chi connectivity index (χ2v) is 5.83. The molecule has 2 N–H and O–H groups in total. The zero-order chi connectivity index (χ0) is 14.6. The van der Waals surface area contributed by atoms with E-state index in [1.54, 1.807) is 26.8 Å². The first kappa shape index (κ1) is 15.8. The summed E-state index contributed by atoms with van der Waals surface area (Å²) in [4.78, 5) is 23.9. The second kappa shape index (κ2) is 6.26. The Morgan fingerprint density at radius 2 is 2.00 bits per heavy atom. The standard InChI is InChI=1S/C15H22O4/c1-10-6-12(17)8-11(9-16)4-5-15(2,3)14(19)13(18)7-10/h4,6,13,16,18H,5,7-9H2,1-3H3/b10-6+,11-4-. The van der Waals surface area contributed by atoms with Crippen molar-refractivity contribution < 1.29 is 19.8 Å². The topological polar surface area (TPSA) is 74.6 Å². The van der Waals surface area contributed by atoms with E-state index >= 15 is 0 Å². The van der Waals surface area contributed by atoms with Gasteiger partial charge in [-0.2, -0.15) is 0 Å². The van der Waals surface area contributed by atoms with Gasteiger partial charge in [0.15, 0.2) is 11.6 Å². The van der Waals surface area contributed by atoms with Crippen LogP contribution in [0.15, 0.2) is 23.3 Å². The molecule has 0 saturated carbocycles. The highest BCUT2D eigenvalue weighted by Gasteiger charge is 2.32. The number of allylic oxidation sites excluding steroid dienone is 2. The molecule has 0 spiro atoms. The molecule has 0 aromatic carbocycles. The molecule has 0 radical (unpaired) electrons. The number of carbonyl (C=O) groups is 2. The predicted molar refractivity (Wildman–Crippen MR) is 72.6 cm³/mol. The van der Waals surface area contributed by atoms with Crippen LogP contribution in [0.3, 0.4) is 0 Å². The molecule has 1 rings (SSSR count). The third-order valence-electron chi connectivity index (χ3n) is 3.40. The molecule has 1 unspecified atom stereocenters. The van der Waals surface area contributed by atoms with E-state index in [0.29, 0.717) is 17.6 Å². The summed E-state index contributed by atoms with van der Waals surface area (Å²) in [7, 11) is 0. The van der Waals surface area contributed by atoms with Gasteiger partial charge in [0.1, 0.15) is 6.10 Å². The van der Waals surface area contributed by atoms with Crippen LogP contribution < -0.4 is 0 Å². The molecule has 1 atom stereocenters. The first-order chi connectivity index (χ1) is 8.76. The van der Waals surface area contributed by atoms with Crippen LogP contribution in [-0.4, -0.2) is 34.5 Å². The minimum Gasteiger partial charge on any atom is -0.392 e. The second-order valence-electron chi connectivity index (χ2n) is 5.83. The van der Waals surface area contributed by atoms with E-state index in [4.69, 9.17) is 0 Å². The van der Waals surface area contributed by atoms with Gasteiger partial charge in [-0.1, -0.05) is 25.5 Å². The van der Waals surface area contributed by atoms with Gasteiger partial charge in [-0.05, 0) is 25.0 Å². The van der Waals surface area contributed by atoms with Gasteiger partial charge in [0.05, 0.1) is 6.61 Å². The molecule has 4 nitrogen and oxygen atoms in total. The summed E-state index contributed by atoms with van der Waals surface area (Å²) in [5.74, 6) is -0.347. The number of carbonyl (C=O) groups excluding carboxylic acids is 2. The molecule has 19 heavy (non-hydrogen) atoms. The van der Waals surface area contributed by atoms with Gasteiger partial charge >= 0.3 is 0 Å². The van der Waals surface area contributed by atoms with Crippen molar-refractivity contribution in [2.75, 3.05) is 6.61 Å². The lowest BCUT2D eigenvalue weighted by atomic mass is 9.80. The Bertz CT molecular complexity index is 429. The third-order valence-corrected chi connectivity index (χ3v) is 3.40. The largest absolute Gasteiger partial charge is 0.392 e. The number of Topliss-reactive ketones (excluding diaryl/α,β-unsaturated/α-hetero) is 1. The first-order valence-corrected chi connectivity index (χ1v) is 6.47. The molecule has 0 fully saturated rings. The molecule has 0 aromatic rings. The summed E-state index contributed by atoms with van der Waals surface area (Å²) in [6.07, 6.45) is 2.85. The molecule has 4 heteroatoms. The summed E-state index contributed by atoms with van der Waals surface area (Å²) in [6.45, 7) is 5.07. The summed E-state index contributed by atoms with van der Waals surface area (Å²) in [5.41, 5.74) is 0.597. The highest BCUT2D eigenvalue weighted by molar-refractivity contribution is 5.93. The minimum absolute atomic E-state index is 0.114. The lowest BCUT2D eigenvalue weighted by molar-refractivity contribution is -0.135. The number of hydrogen-bond acceptors (Lipinski definition) is 4. The quantitative estimate of drug-likeness (QED) is 0.706. The van der Waals surface area contributed by atoms with E-state index in [0.717, 1.165) is 0 Å². The van der Waals surface area contributed by atoms with Crippen molar-refractivity contribution in [3.8, 4) is 0 Å². The number of rotatable bonds is 1. The number of aliphatic hydroxyl groups excluding tert-OH is 2. The smallest absolute Gasteiger partial charge is 0.167 e. The number of ketones is 2. The summed E-state index contributed by atoms with van der Waals surface area (Å²) in [6, 6.07) is 0. The van der Waals surface area contributed by atoms with Gasteiger partial charge in [-0.3, -0.25) is 9.59 Å². The van der Waals surface area contributed by atoms with E-state index < -0.39 is 11.5 Å². The molecule has 0 amide bonds. The zero-order valence-corrected chi connectivity index (χ0v) is 11.8. The Morgan fingerprint density at radius 3 is 2.58 bits per heavy atom. The lowest BCUT2D eigenvalue weighted by Crippen LogP contribution is -2.34. The van der Waals surface area contributed by atoms with Crippen molar-refractivity contribution in [1.29, 1.82) is 0 Å². The average molecular weight is 266 g/mol. The van der Waals surface area contributed by atoms with Crippen molar-refractivity contribution in [3.63, 3.8) is 0 Å². The van der Waals surface area contributed by atoms with E-state index in [9.17, 15) is 19.8 Å². The maximum absolute atomic E-state index is 12.2. The van der Waals surface area contributed by atoms with E-state index in [1.165, 1.54) is 6.08 Å². The van der Waals surface area contributed by atoms with Crippen LogP contribution in [0, 0.1) is 5.41 Å². The van der Waals surface area contributed by atoms with Gasteiger partial charge in [0.2, 0.25) is 0 Å². The molecule has 0 heterocycles. The number of aliphatic hydroxyl groups is 2. The van der Waals surface area contributed by atoms with Crippen molar-refractivity contribution in [3.05, 3.63) is 23.3 Å². The fraction of sp³-hybridized carbons (Fsp3) is 0.600. The zero-order valence-electron chi connectivity index (χ0n) is 11.8. The van der Waals surface area contributed by atoms with Crippen LogP contribution in [0.1, 0.15) is 40.0 Å². The van der Waals surface area contributed by atoms with Gasteiger partial charge < -0.3 is 10.2 Å². The fourth-order valence-electron chi connectivity index (χ4n) is 2.15. The Hall–Kier alpha value is -1.26. The monoisotopic (exact) mass is 266 g/mol. The Morgan fingerprint density at radius 1 is 1.37 bits per heavy atom. The summed E-state index contributed by atoms with van der Waals surface area (Å²) >= 11 is 0. The summed E-state index contributed by atoms with van der Waals surface area (Å²) in [5, 5.41) is 19.2. The van der Waals surface area contributed by atoms with Gasteiger partial charge in [-0.15, -0.1) is 0 Å². The Kier molecular flexibility index (Phi) is 5.20. The molecule has 0 bridgehead atoms. The van der Waals surface area contributed by atoms with Crippen molar-refractivity contribution >= 4 is 11.6 Å². The third kappa shape index (κ3) is 4.40. The van der Waals surface area contributed by atoms with Crippen LogP contribution in [0.2, 0.25) is 0 Å². The molecular formula is C15H22O4. The summed E-state index contributed by atoms with van der Waals surface area (Å²) < 4.78 is 0. The Labute approximate surface area is 113 Å². The molecule has 0 aromatic heterocycles. The molecule has 1 aliphatic rings. The van der Waals surface area contributed by atoms with Crippen LogP contribution in [0.5, 0.6) is 0 Å². The normalized spacial score (nSPS) is 30.9. The number of hydrogen-bond donors (Lipinski definition) is 2. The highest BCUT2D eigenvalue weighted by Crippen LogP contribution is 2.27. The SMILES string of the molecule is C/C1=C\C(=O)C/C(CO)=C/CC(C)(C)C(=O)C(O)C1. The van der Waals surface area contributed by atoms with Crippen LogP contribution in [-0.2, 0) is 9.59 Å². The maximum Gasteiger partial charge on any atom is 0.167 e. The minimum atomic E-state index is -1.08. The van der Waals surface area contributed by atoms with Crippen molar-refractivity contribution in [1.82, 2.24) is 0 Å². The molecule has 0 aliphatic heterocycles. The van der Waals surface area contributed by atoms with Crippen LogP contribution >= 0.6 is 0 Å². The van der Waals surface area contributed by atoms with Crippen LogP contribution in [0.25, 0.3) is 0 Å². The van der Waals surface area contributed by atoms with Crippen molar-refractivity contribution in [2.24, 2.45) is 5.41 Å². The fourth-order valence-corrected chi connectivity index (χ4v) is 2.15. The molecular weight excluding hydrogens is 244 g/mol. The highest BCUT2D eigenvalue weighted by atomic mass is 16.3. The first-order valence-electron chi connectivity index (χ1n) is 6.47. The lowest BCUT2D eigenvalue weighted by Gasteiger charge is -2.24. The van der Waals surface area contributed by atoms with Gasteiger partial charge in [-0.25, -0.2) is 0 Å². The van der Waals surface area contributed by atoms with E-state index in [2.05, 4.69) is 0 Å². The van der Waals surface area contributed by atoms with Gasteiger partial charge in [0, 0.05) is 18.3 Å². The maximum atomic E-state index is 12.2. The van der Waals surface area contributed by atoms with E-state index in [1.807, 2.05) is 0 Å².